The number of rotatable bonds is 2. The lowest BCUT2D eigenvalue weighted by Crippen LogP contribution is -2.38. The number of allylic oxidation sites excluding steroid dienone is 2. The Morgan fingerprint density at radius 3 is 1.82 bits per heavy atom. The summed E-state index contributed by atoms with van der Waals surface area (Å²) >= 11 is 0. The van der Waals surface area contributed by atoms with Crippen molar-refractivity contribution >= 4 is 17.5 Å². The van der Waals surface area contributed by atoms with Gasteiger partial charge in [-0.25, -0.2) is 0 Å². The third kappa shape index (κ3) is 1.81. The number of fused-ring (bicyclic) bond motifs is 1. The second-order valence-electron chi connectivity index (χ2n) is 7.10. The summed E-state index contributed by atoms with van der Waals surface area (Å²) in [6.07, 6.45) is 6.40. The van der Waals surface area contributed by atoms with Gasteiger partial charge in [0, 0.05) is 0 Å². The standard InChI is InChI=1S/C19H21NO2/c1-11(2)12-7-9-15(10-8-12)20-18(21)16-13-3-4-14(6-5-13)17(16)19(20)22/h3-4,7-11,13-14,16-17H,5-6H2,1-2H3/t13-,14-,16+,17+/m0/s1. The van der Waals surface area contributed by atoms with Gasteiger partial charge in [0.2, 0.25) is 11.8 Å². The van der Waals surface area contributed by atoms with E-state index in [0.717, 1.165) is 18.5 Å². The van der Waals surface area contributed by atoms with Crippen molar-refractivity contribution in [2.24, 2.45) is 23.7 Å². The molecule has 0 N–H and O–H groups in total. The summed E-state index contributed by atoms with van der Waals surface area (Å²) in [5, 5.41) is 0. The van der Waals surface area contributed by atoms with Crippen LogP contribution in [0.3, 0.4) is 0 Å². The highest BCUT2D eigenvalue weighted by molar-refractivity contribution is 6.22. The zero-order valence-corrected chi connectivity index (χ0v) is 13.0. The van der Waals surface area contributed by atoms with Crippen molar-refractivity contribution in [2.45, 2.75) is 32.6 Å². The molecule has 2 bridgehead atoms. The average Bonchev–Trinajstić information content (AvgIpc) is 2.82. The predicted octanol–water partition coefficient (Wildman–Crippen LogP) is 3.51. The number of nitrogens with zero attached hydrogens (tertiary/aromatic N) is 1. The molecular weight excluding hydrogens is 274 g/mol. The molecule has 1 aromatic carbocycles. The molecule has 0 radical (unpaired) electrons. The lowest BCUT2D eigenvalue weighted by atomic mass is 9.63. The van der Waals surface area contributed by atoms with Gasteiger partial charge in [0.15, 0.2) is 0 Å². The highest BCUT2D eigenvalue weighted by Crippen LogP contribution is 2.50. The van der Waals surface area contributed by atoms with Crippen LogP contribution in [0.25, 0.3) is 0 Å². The number of carbonyl (C=O) groups excluding carboxylic acids is 2. The van der Waals surface area contributed by atoms with Crippen molar-refractivity contribution in [1.82, 2.24) is 0 Å². The molecule has 2 fully saturated rings. The minimum absolute atomic E-state index is 0.00588. The Morgan fingerprint density at radius 2 is 1.41 bits per heavy atom. The van der Waals surface area contributed by atoms with Gasteiger partial charge in [-0.05, 0) is 48.3 Å². The Labute approximate surface area is 131 Å². The van der Waals surface area contributed by atoms with E-state index in [1.54, 1.807) is 0 Å². The molecule has 114 valence electrons. The first-order valence-corrected chi connectivity index (χ1v) is 8.24. The quantitative estimate of drug-likeness (QED) is 0.618. The minimum atomic E-state index is -0.124. The number of carbonyl (C=O) groups is 2. The molecule has 3 aliphatic carbocycles. The Kier molecular flexibility index (Phi) is 3.00. The molecule has 0 unspecified atom stereocenters. The molecule has 3 nitrogen and oxygen atoms in total. The molecule has 4 aliphatic rings. The molecule has 3 heteroatoms. The van der Waals surface area contributed by atoms with Crippen molar-refractivity contribution in [3.05, 3.63) is 42.0 Å². The largest absolute Gasteiger partial charge is 0.274 e. The SMILES string of the molecule is CC(C)c1ccc(N2C(=O)[C@H]3[C@H](C2=O)[C@H]2C=C[C@H]3CC2)cc1. The van der Waals surface area contributed by atoms with E-state index in [-0.39, 0.29) is 35.5 Å². The fraction of sp³-hybridized carbons (Fsp3) is 0.474. The van der Waals surface area contributed by atoms with Gasteiger partial charge in [0.25, 0.3) is 0 Å². The molecule has 1 heterocycles. The smallest absolute Gasteiger partial charge is 0.238 e. The van der Waals surface area contributed by atoms with Crippen molar-refractivity contribution in [3.63, 3.8) is 0 Å². The topological polar surface area (TPSA) is 37.4 Å². The fourth-order valence-electron chi connectivity index (χ4n) is 4.34. The van der Waals surface area contributed by atoms with E-state index >= 15 is 0 Å². The number of amides is 2. The number of imide groups is 1. The van der Waals surface area contributed by atoms with E-state index in [9.17, 15) is 9.59 Å². The fourth-order valence-corrected chi connectivity index (χ4v) is 4.34. The van der Waals surface area contributed by atoms with Crippen LogP contribution in [0.5, 0.6) is 0 Å². The van der Waals surface area contributed by atoms with Crippen LogP contribution in [-0.4, -0.2) is 11.8 Å². The summed E-state index contributed by atoms with van der Waals surface area (Å²) in [5.74, 6) is 0.721. The van der Waals surface area contributed by atoms with Crippen LogP contribution in [0, 0.1) is 23.7 Å². The Hall–Kier alpha value is -1.90. The maximum Gasteiger partial charge on any atom is 0.238 e. The van der Waals surface area contributed by atoms with Crippen molar-refractivity contribution < 1.29 is 9.59 Å². The van der Waals surface area contributed by atoms with Gasteiger partial charge < -0.3 is 0 Å². The van der Waals surface area contributed by atoms with Gasteiger partial charge in [-0.1, -0.05) is 38.1 Å². The minimum Gasteiger partial charge on any atom is -0.274 e. The first-order chi connectivity index (χ1) is 10.6. The van der Waals surface area contributed by atoms with Gasteiger partial charge in [0.1, 0.15) is 0 Å². The van der Waals surface area contributed by atoms with Crippen LogP contribution in [0.15, 0.2) is 36.4 Å². The number of benzene rings is 1. The van der Waals surface area contributed by atoms with E-state index < -0.39 is 0 Å². The second-order valence-corrected chi connectivity index (χ2v) is 7.10. The van der Waals surface area contributed by atoms with Gasteiger partial charge in [-0.15, -0.1) is 0 Å². The summed E-state index contributed by atoms with van der Waals surface area (Å²) in [7, 11) is 0. The van der Waals surface area contributed by atoms with Crippen LogP contribution >= 0.6 is 0 Å². The van der Waals surface area contributed by atoms with E-state index in [2.05, 4.69) is 26.0 Å². The second kappa shape index (κ2) is 4.80. The molecule has 4 atom stereocenters. The first-order valence-electron chi connectivity index (χ1n) is 8.24. The maximum absolute atomic E-state index is 12.8. The molecular formula is C19H21NO2. The summed E-state index contributed by atoms with van der Waals surface area (Å²) < 4.78 is 0. The monoisotopic (exact) mass is 295 g/mol. The lowest BCUT2D eigenvalue weighted by Gasteiger charge is -2.38. The molecule has 5 rings (SSSR count). The molecule has 22 heavy (non-hydrogen) atoms. The van der Waals surface area contributed by atoms with Crippen molar-refractivity contribution in [2.75, 3.05) is 4.90 Å². The average molecular weight is 295 g/mol. The zero-order chi connectivity index (χ0) is 15.4. The summed E-state index contributed by atoms with van der Waals surface area (Å²) in [6, 6.07) is 7.88. The first kappa shape index (κ1) is 13.7. The van der Waals surface area contributed by atoms with Gasteiger partial charge in [0.05, 0.1) is 17.5 Å². The van der Waals surface area contributed by atoms with Gasteiger partial charge in [-0.3, -0.25) is 14.5 Å². The van der Waals surface area contributed by atoms with E-state index in [0.29, 0.717) is 5.92 Å². The molecule has 1 saturated carbocycles. The highest BCUT2D eigenvalue weighted by Gasteiger charge is 2.56. The molecule has 2 amide bonds. The summed E-state index contributed by atoms with van der Waals surface area (Å²) in [5.41, 5.74) is 1.95. The Balaban J connectivity index is 1.69. The predicted molar refractivity (Wildman–Crippen MR) is 85.4 cm³/mol. The summed E-state index contributed by atoms with van der Waals surface area (Å²) in [6.45, 7) is 4.28. The highest BCUT2D eigenvalue weighted by atomic mass is 16.2. The van der Waals surface area contributed by atoms with Crippen LogP contribution in [0.1, 0.15) is 38.2 Å². The maximum atomic E-state index is 12.8. The van der Waals surface area contributed by atoms with Gasteiger partial charge >= 0.3 is 0 Å². The number of anilines is 1. The molecule has 0 spiro atoms. The van der Waals surface area contributed by atoms with Crippen LogP contribution < -0.4 is 4.90 Å². The van der Waals surface area contributed by atoms with Gasteiger partial charge in [-0.2, -0.15) is 0 Å². The molecule has 1 saturated heterocycles. The Bertz CT molecular complexity index is 627. The third-order valence-electron chi connectivity index (χ3n) is 5.58. The van der Waals surface area contributed by atoms with E-state index in [4.69, 9.17) is 0 Å². The zero-order valence-electron chi connectivity index (χ0n) is 13.0. The number of hydrogen-bond acceptors (Lipinski definition) is 2. The van der Waals surface area contributed by atoms with Crippen LogP contribution in [-0.2, 0) is 9.59 Å². The molecule has 0 aromatic heterocycles. The van der Waals surface area contributed by atoms with E-state index in [1.807, 2.05) is 24.3 Å². The lowest BCUT2D eigenvalue weighted by molar-refractivity contribution is -0.124. The van der Waals surface area contributed by atoms with Crippen LogP contribution in [0.4, 0.5) is 5.69 Å². The molecule has 1 aromatic rings. The van der Waals surface area contributed by atoms with Crippen LogP contribution in [0.2, 0.25) is 0 Å². The molecule has 1 aliphatic heterocycles. The summed E-state index contributed by atoms with van der Waals surface area (Å²) in [4.78, 5) is 27.1. The Morgan fingerprint density at radius 1 is 0.909 bits per heavy atom. The van der Waals surface area contributed by atoms with E-state index in [1.165, 1.54) is 10.5 Å². The normalized spacial score (nSPS) is 33.0. The third-order valence-corrected chi connectivity index (χ3v) is 5.58. The van der Waals surface area contributed by atoms with Crippen molar-refractivity contribution in [3.8, 4) is 0 Å². The van der Waals surface area contributed by atoms with Crippen molar-refractivity contribution in [1.29, 1.82) is 0 Å². The number of hydrogen-bond donors (Lipinski definition) is 0.